The summed E-state index contributed by atoms with van der Waals surface area (Å²) in [4.78, 5) is 59.3. The van der Waals surface area contributed by atoms with Crippen LogP contribution in [0, 0.1) is 11.8 Å². The van der Waals surface area contributed by atoms with E-state index in [1.807, 2.05) is 69.3 Å². The van der Waals surface area contributed by atoms with Gasteiger partial charge >= 0.3 is 0 Å². The Morgan fingerprint density at radius 1 is 0.939 bits per heavy atom. The maximum atomic E-state index is 13.8. The number of β-amino-alcohol motifs (C(OH)–C–C–N with tert-alkyl or cyclic N) is 1. The van der Waals surface area contributed by atoms with Gasteiger partial charge in [-0.1, -0.05) is 73.9 Å². The van der Waals surface area contributed by atoms with E-state index in [0.717, 1.165) is 36.6 Å². The fourth-order valence-corrected chi connectivity index (χ4v) is 7.26. The van der Waals surface area contributed by atoms with E-state index in [4.69, 9.17) is 5.73 Å². The quantitative estimate of drug-likeness (QED) is 0.198. The van der Waals surface area contributed by atoms with Crippen molar-refractivity contribution in [3.63, 3.8) is 0 Å². The molecule has 2 aliphatic rings. The van der Waals surface area contributed by atoms with Gasteiger partial charge in [-0.15, -0.1) is 0 Å². The zero-order valence-corrected chi connectivity index (χ0v) is 28.7. The van der Waals surface area contributed by atoms with Crippen LogP contribution in [0.4, 0.5) is 0 Å². The van der Waals surface area contributed by atoms with Crippen LogP contribution in [0.15, 0.2) is 66.7 Å². The van der Waals surface area contributed by atoms with Crippen molar-refractivity contribution in [2.24, 2.45) is 17.6 Å². The van der Waals surface area contributed by atoms with Gasteiger partial charge in [0.15, 0.2) is 0 Å². The van der Waals surface area contributed by atoms with Gasteiger partial charge in [-0.05, 0) is 69.6 Å². The Balaban J connectivity index is 1.35. The summed E-state index contributed by atoms with van der Waals surface area (Å²) in [5.41, 5.74) is 6.70. The molecule has 1 aliphatic carbocycles. The minimum Gasteiger partial charge on any atom is -0.390 e. The predicted molar refractivity (Wildman–Crippen MR) is 188 cm³/mol. The summed E-state index contributed by atoms with van der Waals surface area (Å²) in [6, 6.07) is 17.6. The molecule has 1 saturated heterocycles. The molecule has 3 aromatic rings. The second-order valence-electron chi connectivity index (χ2n) is 14.7. The first-order valence-corrected chi connectivity index (χ1v) is 17.4. The van der Waals surface area contributed by atoms with Crippen molar-refractivity contribution >= 4 is 34.5 Å². The number of hydrogen-bond donors (Lipinski definition) is 5. The second kappa shape index (κ2) is 15.9. The van der Waals surface area contributed by atoms with Gasteiger partial charge in [0.1, 0.15) is 11.7 Å². The molecule has 11 heteroatoms. The van der Waals surface area contributed by atoms with E-state index in [2.05, 4.69) is 25.8 Å². The van der Waals surface area contributed by atoms with Crippen LogP contribution in [-0.2, 0) is 20.8 Å². The van der Waals surface area contributed by atoms with Gasteiger partial charge in [-0.25, -0.2) is 4.98 Å². The van der Waals surface area contributed by atoms with Gasteiger partial charge in [-0.3, -0.25) is 24.1 Å². The molecule has 1 saturated carbocycles. The number of aromatic nitrogens is 1. The number of nitrogens with two attached hydrogens (primary N) is 1. The summed E-state index contributed by atoms with van der Waals surface area (Å²) in [6.45, 7) is 6.73. The Morgan fingerprint density at radius 2 is 1.63 bits per heavy atom. The van der Waals surface area contributed by atoms with E-state index in [9.17, 15) is 24.3 Å². The molecule has 6 atom stereocenters. The van der Waals surface area contributed by atoms with Crippen LogP contribution in [0.2, 0.25) is 0 Å². The van der Waals surface area contributed by atoms with Crippen LogP contribution in [0.3, 0.4) is 0 Å². The molecule has 0 bridgehead atoms. The van der Waals surface area contributed by atoms with Crippen molar-refractivity contribution in [2.45, 2.75) is 95.5 Å². The number of aliphatic hydroxyl groups excluding tert-OH is 1. The number of carbonyl (C=O) groups is 4. The van der Waals surface area contributed by atoms with Crippen molar-refractivity contribution < 1.29 is 24.3 Å². The van der Waals surface area contributed by atoms with Crippen LogP contribution in [-0.4, -0.2) is 81.5 Å². The van der Waals surface area contributed by atoms with Crippen LogP contribution >= 0.6 is 0 Å². The number of rotatable bonds is 12. The van der Waals surface area contributed by atoms with Crippen molar-refractivity contribution in [3.05, 3.63) is 78.0 Å². The first-order chi connectivity index (χ1) is 23.4. The zero-order valence-electron chi connectivity index (χ0n) is 28.7. The summed E-state index contributed by atoms with van der Waals surface area (Å²) < 4.78 is 0. The van der Waals surface area contributed by atoms with E-state index in [1.54, 1.807) is 18.2 Å². The molecule has 2 aromatic carbocycles. The highest BCUT2D eigenvalue weighted by Crippen LogP contribution is 2.39. The van der Waals surface area contributed by atoms with Crippen LogP contribution in [0.5, 0.6) is 0 Å². The Hall–Kier alpha value is -4.35. The number of pyridine rings is 1. The van der Waals surface area contributed by atoms with E-state index in [-0.39, 0.29) is 24.6 Å². The van der Waals surface area contributed by atoms with Crippen molar-refractivity contribution in [1.82, 2.24) is 25.8 Å². The highest BCUT2D eigenvalue weighted by molar-refractivity contribution is 5.99. The minimum absolute atomic E-state index is 0.0566. The monoisotopic (exact) mass is 670 g/mol. The lowest BCUT2D eigenvalue weighted by molar-refractivity contribution is -0.133. The van der Waals surface area contributed by atoms with E-state index in [0.29, 0.717) is 23.9 Å². The average Bonchev–Trinajstić information content (AvgIpc) is 3.06. The molecule has 2 heterocycles. The number of nitrogens with zero attached hydrogens (tertiary/aromatic N) is 2. The standard InChI is InChI=1S/C38H50N6O5/c1-38(2,3)43-37(49)32-20-26-14-7-8-15-27(26)22-44(32)23-33(45)30(19-24-11-5-4-6-12-24)41-36(48)31(21-34(39)46)42-35(47)29-18-17-25-13-9-10-16-28(25)40-29/h4-6,9-13,16-18,26-27,30-33,45H,7-8,14-15,19-23H2,1-3H3,(H2,39,46)(H,41,48)(H,42,47)(H,43,49)/t26-,27-,30+,31+,32+,33-/m1/s1. The number of benzene rings is 2. The third-order valence-electron chi connectivity index (χ3n) is 9.67. The average molecular weight is 671 g/mol. The number of piperidine rings is 1. The molecule has 11 nitrogen and oxygen atoms in total. The molecule has 0 radical (unpaired) electrons. The van der Waals surface area contributed by atoms with Gasteiger partial charge in [0, 0.05) is 24.0 Å². The Kier molecular flexibility index (Phi) is 11.7. The molecule has 5 rings (SSSR count). The number of hydrogen-bond acceptors (Lipinski definition) is 7. The summed E-state index contributed by atoms with van der Waals surface area (Å²) in [7, 11) is 0. The molecule has 49 heavy (non-hydrogen) atoms. The number of carbonyl (C=O) groups excluding carboxylic acids is 4. The largest absolute Gasteiger partial charge is 0.390 e. The predicted octanol–water partition coefficient (Wildman–Crippen LogP) is 3.09. The second-order valence-corrected chi connectivity index (χ2v) is 14.7. The van der Waals surface area contributed by atoms with Crippen molar-refractivity contribution in [2.75, 3.05) is 13.1 Å². The first kappa shape index (κ1) is 35.9. The Morgan fingerprint density at radius 3 is 2.35 bits per heavy atom. The summed E-state index contributed by atoms with van der Waals surface area (Å²) in [5.74, 6) is -1.20. The fraction of sp³-hybridized carbons (Fsp3) is 0.500. The first-order valence-electron chi connectivity index (χ1n) is 17.4. The SMILES string of the molecule is CC(C)(C)NC(=O)[C@@H]1C[C@H]2CCCC[C@@H]2CN1C[C@@H](O)[C@H](Cc1ccccc1)NC(=O)[C@H](CC(N)=O)NC(=O)c1ccc2ccccc2n1. The molecule has 0 unspecified atom stereocenters. The van der Waals surface area contributed by atoms with Crippen molar-refractivity contribution in [3.8, 4) is 0 Å². The number of likely N-dealkylation sites (tertiary alicyclic amines) is 1. The van der Waals surface area contributed by atoms with Crippen molar-refractivity contribution in [1.29, 1.82) is 0 Å². The summed E-state index contributed by atoms with van der Waals surface area (Å²) >= 11 is 0. The number of amides is 4. The molecule has 1 aromatic heterocycles. The maximum Gasteiger partial charge on any atom is 0.270 e. The van der Waals surface area contributed by atoms with E-state index >= 15 is 0 Å². The highest BCUT2D eigenvalue weighted by Gasteiger charge is 2.42. The molecule has 0 spiro atoms. The van der Waals surface area contributed by atoms with Gasteiger partial charge in [0.2, 0.25) is 17.7 Å². The fourth-order valence-electron chi connectivity index (χ4n) is 7.26. The lowest BCUT2D eigenvalue weighted by Crippen LogP contribution is -2.61. The van der Waals surface area contributed by atoms with Gasteiger partial charge in [0.05, 0.1) is 30.1 Å². The lowest BCUT2D eigenvalue weighted by Gasteiger charge is -2.47. The molecule has 1 aliphatic heterocycles. The number of para-hydroxylation sites is 1. The highest BCUT2D eigenvalue weighted by atomic mass is 16.3. The van der Waals surface area contributed by atoms with Gasteiger partial charge in [0.25, 0.3) is 5.91 Å². The van der Waals surface area contributed by atoms with Gasteiger partial charge < -0.3 is 26.8 Å². The van der Waals surface area contributed by atoms with Crippen LogP contribution in [0.25, 0.3) is 10.9 Å². The van der Waals surface area contributed by atoms with Crippen LogP contribution < -0.4 is 21.7 Å². The lowest BCUT2D eigenvalue weighted by atomic mass is 9.72. The Labute approximate surface area is 288 Å². The third-order valence-corrected chi connectivity index (χ3v) is 9.67. The van der Waals surface area contributed by atoms with E-state index < -0.39 is 53.9 Å². The Bertz CT molecular complexity index is 1630. The number of fused-ring (bicyclic) bond motifs is 2. The number of primary amides is 1. The molecule has 4 amide bonds. The molecular formula is C38H50N6O5. The molecular weight excluding hydrogens is 620 g/mol. The normalized spacial score (nSPS) is 21.5. The molecule has 6 N–H and O–H groups in total. The van der Waals surface area contributed by atoms with E-state index in [1.165, 1.54) is 6.42 Å². The molecule has 262 valence electrons. The summed E-state index contributed by atoms with van der Waals surface area (Å²) in [6.07, 6.45) is 4.03. The number of nitrogens with one attached hydrogen (secondary N) is 3. The minimum atomic E-state index is -1.30. The summed E-state index contributed by atoms with van der Waals surface area (Å²) in [5, 5.41) is 21.4. The zero-order chi connectivity index (χ0) is 35.1. The van der Waals surface area contributed by atoms with Crippen LogP contribution in [0.1, 0.15) is 75.3 Å². The maximum absolute atomic E-state index is 13.8. The topological polar surface area (TPSA) is 167 Å². The van der Waals surface area contributed by atoms with Gasteiger partial charge in [-0.2, -0.15) is 0 Å². The smallest absolute Gasteiger partial charge is 0.270 e. The molecule has 2 fully saturated rings. The number of aliphatic hydroxyl groups is 1. The third kappa shape index (κ3) is 9.86.